The van der Waals surface area contributed by atoms with Crippen LogP contribution in [-0.4, -0.2) is 19.6 Å². The minimum Gasteiger partial charge on any atom is -0.221 e. The second-order valence-electron chi connectivity index (χ2n) is 4.92. The Balaban J connectivity index is 1.96. The summed E-state index contributed by atoms with van der Waals surface area (Å²) in [7, 11) is 0. The van der Waals surface area contributed by atoms with E-state index in [1.54, 1.807) is 10.8 Å². The fourth-order valence-corrected chi connectivity index (χ4v) is 2.30. The first-order valence-electron chi connectivity index (χ1n) is 7.13. The van der Waals surface area contributed by atoms with Gasteiger partial charge in [-0.05, 0) is 12.0 Å². The third-order valence-corrected chi connectivity index (χ3v) is 3.41. The third kappa shape index (κ3) is 2.54. The van der Waals surface area contributed by atoms with Crippen LogP contribution in [0, 0.1) is 0 Å². The van der Waals surface area contributed by atoms with Crippen LogP contribution in [0.2, 0.25) is 0 Å². The van der Waals surface area contributed by atoms with Gasteiger partial charge in [0, 0.05) is 12.0 Å². The highest BCUT2D eigenvalue weighted by Crippen LogP contribution is 2.22. The van der Waals surface area contributed by atoms with Gasteiger partial charge in [-0.15, -0.1) is 0 Å². The monoisotopic (exact) mass is 266 g/mol. The standard InChI is InChI=1S/C16H18N4/c1-2-3-5-10-15-17-12-20-16(19-15)14(11-18-20)13-8-6-4-7-9-13/h4,6-9,11-12H,2-3,5,10H2,1H3. The van der Waals surface area contributed by atoms with E-state index in [-0.39, 0.29) is 0 Å². The first kappa shape index (κ1) is 12.8. The van der Waals surface area contributed by atoms with Crippen LogP contribution in [0.3, 0.4) is 0 Å². The lowest BCUT2D eigenvalue weighted by molar-refractivity contribution is 0.688. The molecule has 1 aromatic carbocycles. The minimum absolute atomic E-state index is 0.887. The van der Waals surface area contributed by atoms with Gasteiger partial charge in [0.15, 0.2) is 5.65 Å². The van der Waals surface area contributed by atoms with Crippen molar-refractivity contribution in [2.75, 3.05) is 0 Å². The number of rotatable bonds is 5. The quantitative estimate of drug-likeness (QED) is 0.663. The van der Waals surface area contributed by atoms with Gasteiger partial charge >= 0.3 is 0 Å². The zero-order valence-corrected chi connectivity index (χ0v) is 11.7. The molecule has 102 valence electrons. The van der Waals surface area contributed by atoms with E-state index in [0.717, 1.165) is 35.4 Å². The molecule has 0 aliphatic carbocycles. The fraction of sp³-hybridized carbons (Fsp3) is 0.312. The van der Waals surface area contributed by atoms with Gasteiger partial charge in [0.05, 0.1) is 6.20 Å². The Morgan fingerprint density at radius 2 is 1.95 bits per heavy atom. The molecule has 0 saturated carbocycles. The number of benzene rings is 1. The fourth-order valence-electron chi connectivity index (χ4n) is 2.30. The number of aromatic nitrogens is 4. The molecule has 4 nitrogen and oxygen atoms in total. The highest BCUT2D eigenvalue weighted by atomic mass is 15.3. The van der Waals surface area contributed by atoms with E-state index in [2.05, 4.69) is 34.1 Å². The summed E-state index contributed by atoms with van der Waals surface area (Å²) in [4.78, 5) is 9.05. The Morgan fingerprint density at radius 3 is 2.75 bits per heavy atom. The Labute approximate surface area is 118 Å². The van der Waals surface area contributed by atoms with Gasteiger partial charge in [0.2, 0.25) is 0 Å². The van der Waals surface area contributed by atoms with E-state index in [0.29, 0.717) is 0 Å². The summed E-state index contributed by atoms with van der Waals surface area (Å²) in [5, 5.41) is 4.32. The summed E-state index contributed by atoms with van der Waals surface area (Å²) < 4.78 is 1.74. The van der Waals surface area contributed by atoms with Gasteiger partial charge in [-0.25, -0.2) is 14.5 Å². The van der Waals surface area contributed by atoms with Crippen molar-refractivity contribution in [3.8, 4) is 11.1 Å². The molecule has 4 heteroatoms. The summed E-state index contributed by atoms with van der Waals surface area (Å²) in [5.41, 5.74) is 3.09. The zero-order valence-electron chi connectivity index (χ0n) is 11.7. The normalized spacial score (nSPS) is 11.1. The average Bonchev–Trinajstić information content (AvgIpc) is 2.91. The Morgan fingerprint density at radius 1 is 1.10 bits per heavy atom. The van der Waals surface area contributed by atoms with Crippen LogP contribution >= 0.6 is 0 Å². The summed E-state index contributed by atoms with van der Waals surface area (Å²) in [6.45, 7) is 2.20. The first-order chi connectivity index (χ1) is 9.88. The van der Waals surface area contributed by atoms with Crippen LogP contribution in [0.15, 0.2) is 42.9 Å². The highest BCUT2D eigenvalue weighted by molar-refractivity contribution is 5.76. The lowest BCUT2D eigenvalue weighted by Gasteiger charge is -2.02. The topological polar surface area (TPSA) is 43.1 Å². The number of hydrogen-bond donors (Lipinski definition) is 0. The van der Waals surface area contributed by atoms with Crippen molar-refractivity contribution in [2.24, 2.45) is 0 Å². The number of hydrogen-bond acceptors (Lipinski definition) is 3. The van der Waals surface area contributed by atoms with Crippen molar-refractivity contribution in [1.82, 2.24) is 19.6 Å². The first-order valence-corrected chi connectivity index (χ1v) is 7.13. The third-order valence-electron chi connectivity index (χ3n) is 3.41. The molecule has 2 heterocycles. The van der Waals surface area contributed by atoms with Crippen LogP contribution in [0.1, 0.15) is 32.0 Å². The van der Waals surface area contributed by atoms with Crippen molar-refractivity contribution in [3.63, 3.8) is 0 Å². The smallest absolute Gasteiger partial charge is 0.166 e. The molecule has 0 saturated heterocycles. The van der Waals surface area contributed by atoms with E-state index >= 15 is 0 Å². The largest absolute Gasteiger partial charge is 0.221 e. The zero-order chi connectivity index (χ0) is 13.8. The van der Waals surface area contributed by atoms with E-state index < -0.39 is 0 Å². The van der Waals surface area contributed by atoms with Crippen LogP contribution in [-0.2, 0) is 6.42 Å². The van der Waals surface area contributed by atoms with Crippen LogP contribution in [0.5, 0.6) is 0 Å². The Hall–Kier alpha value is -2.23. The maximum atomic E-state index is 4.67. The van der Waals surface area contributed by atoms with Crippen molar-refractivity contribution < 1.29 is 0 Å². The Bertz CT molecular complexity index is 688. The molecule has 0 spiro atoms. The number of aryl methyl sites for hydroxylation is 1. The molecule has 2 aromatic heterocycles. The van der Waals surface area contributed by atoms with Gasteiger partial charge < -0.3 is 0 Å². The summed E-state index contributed by atoms with van der Waals surface area (Å²) in [6, 6.07) is 10.2. The molecule has 0 aliphatic heterocycles. The SMILES string of the molecule is CCCCCc1ncn2ncc(-c3ccccc3)c2n1. The molecule has 0 radical (unpaired) electrons. The predicted octanol–water partition coefficient (Wildman–Crippen LogP) is 3.52. The van der Waals surface area contributed by atoms with Crippen molar-refractivity contribution in [2.45, 2.75) is 32.6 Å². The molecule has 0 aliphatic rings. The average molecular weight is 266 g/mol. The van der Waals surface area contributed by atoms with Gasteiger partial charge in [0.25, 0.3) is 0 Å². The van der Waals surface area contributed by atoms with Crippen LogP contribution in [0.4, 0.5) is 0 Å². The van der Waals surface area contributed by atoms with Crippen LogP contribution in [0.25, 0.3) is 16.8 Å². The summed E-state index contributed by atoms with van der Waals surface area (Å²) >= 11 is 0. The molecule has 3 aromatic rings. The lowest BCUT2D eigenvalue weighted by Crippen LogP contribution is -2.00. The second-order valence-corrected chi connectivity index (χ2v) is 4.92. The molecule has 0 atom stereocenters. The number of nitrogens with zero attached hydrogens (tertiary/aromatic N) is 4. The summed E-state index contributed by atoms with van der Waals surface area (Å²) in [5.74, 6) is 0.906. The van der Waals surface area contributed by atoms with Crippen molar-refractivity contribution in [1.29, 1.82) is 0 Å². The van der Waals surface area contributed by atoms with Crippen molar-refractivity contribution in [3.05, 3.63) is 48.7 Å². The predicted molar refractivity (Wildman–Crippen MR) is 79.4 cm³/mol. The van der Waals surface area contributed by atoms with E-state index in [9.17, 15) is 0 Å². The van der Waals surface area contributed by atoms with Crippen molar-refractivity contribution >= 4 is 5.65 Å². The lowest BCUT2D eigenvalue weighted by atomic mass is 10.1. The van der Waals surface area contributed by atoms with Gasteiger partial charge in [-0.3, -0.25) is 0 Å². The van der Waals surface area contributed by atoms with E-state index in [4.69, 9.17) is 0 Å². The molecule has 0 N–H and O–H groups in total. The van der Waals surface area contributed by atoms with Gasteiger partial charge in [-0.2, -0.15) is 5.10 Å². The maximum Gasteiger partial charge on any atom is 0.166 e. The second kappa shape index (κ2) is 5.82. The molecule has 0 fully saturated rings. The van der Waals surface area contributed by atoms with Crippen LogP contribution < -0.4 is 0 Å². The molecule has 3 rings (SSSR count). The molecular weight excluding hydrogens is 248 g/mol. The molecule has 0 amide bonds. The Kier molecular flexibility index (Phi) is 3.72. The van der Waals surface area contributed by atoms with Gasteiger partial charge in [-0.1, -0.05) is 50.1 Å². The molecule has 0 unspecified atom stereocenters. The highest BCUT2D eigenvalue weighted by Gasteiger charge is 2.09. The van der Waals surface area contributed by atoms with E-state index in [1.807, 2.05) is 24.4 Å². The molecule has 20 heavy (non-hydrogen) atoms. The number of unbranched alkanes of at least 4 members (excludes halogenated alkanes) is 2. The summed E-state index contributed by atoms with van der Waals surface area (Å²) in [6.07, 6.45) is 8.12. The van der Waals surface area contributed by atoms with Gasteiger partial charge in [0.1, 0.15) is 12.2 Å². The molecular formula is C16H18N4. The number of fused-ring (bicyclic) bond motifs is 1. The van der Waals surface area contributed by atoms with E-state index in [1.165, 1.54) is 12.8 Å². The maximum absolute atomic E-state index is 4.67. The minimum atomic E-state index is 0.887. The molecule has 0 bridgehead atoms.